The van der Waals surface area contributed by atoms with E-state index in [4.69, 9.17) is 14.2 Å². The Kier molecular flexibility index (Phi) is 50.4. The maximum absolute atomic E-state index is 12.8. The molecule has 0 heterocycles. The third-order valence-electron chi connectivity index (χ3n) is 11.3. The summed E-state index contributed by atoms with van der Waals surface area (Å²) in [5.41, 5.74) is 0. The van der Waals surface area contributed by atoms with E-state index in [1.807, 2.05) is 0 Å². The van der Waals surface area contributed by atoms with Crippen LogP contribution in [0.25, 0.3) is 0 Å². The Bertz CT molecular complexity index is 1210. The van der Waals surface area contributed by atoms with Crippen molar-refractivity contribution in [3.8, 4) is 0 Å². The van der Waals surface area contributed by atoms with Crippen LogP contribution in [0.3, 0.4) is 0 Å². The fourth-order valence-electron chi connectivity index (χ4n) is 7.22. The van der Waals surface area contributed by atoms with E-state index < -0.39 is 6.10 Å². The molecule has 0 unspecified atom stereocenters. The van der Waals surface area contributed by atoms with Gasteiger partial charge in [0.15, 0.2) is 6.10 Å². The maximum atomic E-state index is 12.8. The minimum Gasteiger partial charge on any atom is -0.462 e. The molecule has 372 valence electrons. The van der Waals surface area contributed by atoms with E-state index in [-0.39, 0.29) is 37.5 Å². The topological polar surface area (TPSA) is 78.9 Å². The summed E-state index contributed by atoms with van der Waals surface area (Å²) in [5, 5.41) is 0. The number of esters is 3. The lowest BCUT2D eigenvalue weighted by Crippen LogP contribution is -2.30. The van der Waals surface area contributed by atoms with Gasteiger partial charge in [-0.2, -0.15) is 0 Å². The summed E-state index contributed by atoms with van der Waals surface area (Å²) in [6, 6.07) is 0. The Morgan fingerprint density at radius 2 is 0.569 bits per heavy atom. The second kappa shape index (κ2) is 53.2. The molecule has 0 saturated heterocycles. The molecule has 0 aliphatic rings. The fourth-order valence-corrected chi connectivity index (χ4v) is 7.22. The van der Waals surface area contributed by atoms with Gasteiger partial charge in [0, 0.05) is 19.3 Å². The van der Waals surface area contributed by atoms with Gasteiger partial charge >= 0.3 is 17.9 Å². The number of allylic oxidation sites excluding steroid dienone is 14. The van der Waals surface area contributed by atoms with E-state index in [2.05, 4.69) is 106 Å². The fraction of sp³-hybridized carbons (Fsp3) is 0.712. The molecule has 0 aliphatic carbocycles. The molecular weight excluding hydrogens is 805 g/mol. The lowest BCUT2D eigenvalue weighted by atomic mass is 10.1. The van der Waals surface area contributed by atoms with Crippen LogP contribution in [0.5, 0.6) is 0 Å². The van der Waals surface area contributed by atoms with E-state index in [1.54, 1.807) is 0 Å². The predicted octanol–water partition coefficient (Wildman–Crippen LogP) is 18.0. The number of rotatable bonds is 48. The van der Waals surface area contributed by atoms with Crippen molar-refractivity contribution in [3.05, 3.63) is 85.1 Å². The van der Waals surface area contributed by atoms with Gasteiger partial charge in [-0.3, -0.25) is 14.4 Å². The van der Waals surface area contributed by atoms with Crippen molar-refractivity contribution in [1.29, 1.82) is 0 Å². The maximum Gasteiger partial charge on any atom is 0.306 e. The largest absolute Gasteiger partial charge is 0.462 e. The van der Waals surface area contributed by atoms with Crippen LogP contribution in [0, 0.1) is 0 Å². The van der Waals surface area contributed by atoms with E-state index >= 15 is 0 Å². The molecule has 0 rings (SSSR count). The number of carbonyl (C=O) groups excluding carboxylic acids is 3. The van der Waals surface area contributed by atoms with Gasteiger partial charge < -0.3 is 14.2 Å². The summed E-state index contributed by atoms with van der Waals surface area (Å²) in [6.45, 7) is 6.51. The zero-order valence-electron chi connectivity index (χ0n) is 42.5. The predicted molar refractivity (Wildman–Crippen MR) is 279 cm³/mol. The number of hydrogen-bond acceptors (Lipinski definition) is 6. The first-order valence-electron chi connectivity index (χ1n) is 27.1. The first-order chi connectivity index (χ1) is 32.0. The first kappa shape index (κ1) is 61.6. The quantitative estimate of drug-likeness (QED) is 0.0262. The van der Waals surface area contributed by atoms with Crippen molar-refractivity contribution in [2.45, 2.75) is 258 Å². The highest BCUT2D eigenvalue weighted by atomic mass is 16.6. The van der Waals surface area contributed by atoms with Crippen LogP contribution < -0.4 is 0 Å². The molecular formula is C59H100O6. The zero-order valence-corrected chi connectivity index (χ0v) is 42.5. The lowest BCUT2D eigenvalue weighted by Gasteiger charge is -2.18. The third kappa shape index (κ3) is 51.4. The Morgan fingerprint density at radius 1 is 0.308 bits per heavy atom. The molecule has 65 heavy (non-hydrogen) atoms. The van der Waals surface area contributed by atoms with Crippen molar-refractivity contribution in [1.82, 2.24) is 0 Å². The Balaban J connectivity index is 4.52. The molecule has 0 spiro atoms. The van der Waals surface area contributed by atoms with Gasteiger partial charge in [-0.05, 0) is 116 Å². The monoisotopic (exact) mass is 905 g/mol. The summed E-state index contributed by atoms with van der Waals surface area (Å²) < 4.78 is 16.8. The Labute approximate surface area is 401 Å². The second-order valence-corrected chi connectivity index (χ2v) is 17.8. The summed E-state index contributed by atoms with van der Waals surface area (Å²) >= 11 is 0. The normalized spacial score (nSPS) is 12.3. The van der Waals surface area contributed by atoms with Crippen LogP contribution >= 0.6 is 0 Å². The highest BCUT2D eigenvalue weighted by molar-refractivity contribution is 5.71. The highest BCUT2D eigenvalue weighted by Gasteiger charge is 2.19. The zero-order chi connectivity index (χ0) is 47.2. The van der Waals surface area contributed by atoms with Gasteiger partial charge in [0.25, 0.3) is 0 Å². The van der Waals surface area contributed by atoms with E-state index in [0.29, 0.717) is 19.3 Å². The van der Waals surface area contributed by atoms with Gasteiger partial charge in [0.1, 0.15) is 13.2 Å². The molecule has 0 atom stereocenters. The smallest absolute Gasteiger partial charge is 0.306 e. The number of carbonyl (C=O) groups is 3. The Morgan fingerprint density at radius 3 is 0.938 bits per heavy atom. The van der Waals surface area contributed by atoms with Crippen molar-refractivity contribution < 1.29 is 28.6 Å². The van der Waals surface area contributed by atoms with Crippen LogP contribution in [-0.4, -0.2) is 37.2 Å². The van der Waals surface area contributed by atoms with Crippen LogP contribution in [-0.2, 0) is 28.6 Å². The highest BCUT2D eigenvalue weighted by Crippen LogP contribution is 2.13. The molecule has 0 aromatic heterocycles. The molecule has 0 N–H and O–H groups in total. The number of unbranched alkanes of at least 4 members (excludes halogenated alkanes) is 23. The first-order valence-corrected chi connectivity index (χ1v) is 27.1. The second-order valence-electron chi connectivity index (χ2n) is 17.8. The van der Waals surface area contributed by atoms with Gasteiger partial charge in [-0.1, -0.05) is 202 Å². The molecule has 6 heteroatoms. The standard InChI is InChI=1S/C59H100O6/c1-4-7-10-13-16-19-22-25-28-29-32-35-38-41-44-47-50-53-59(62)65-56(54-63-57(60)51-48-45-42-39-36-33-30-26-23-20-17-14-11-8-5-2)55-64-58(61)52-49-46-43-40-37-34-31-27-24-21-18-15-12-9-6-3/h17-18,20-21,25-28,30-32,35,41,44,56H,4-16,19,22-24,29,33-34,36-40,42-43,45-55H2,1-3H3/b20-17-,21-18-,28-25-,30-26-,31-27-,35-32-,44-41-. The summed E-state index contributed by atoms with van der Waals surface area (Å²) in [7, 11) is 0. The van der Waals surface area contributed by atoms with Crippen LogP contribution in [0.15, 0.2) is 85.1 Å². The third-order valence-corrected chi connectivity index (χ3v) is 11.3. The van der Waals surface area contributed by atoms with Crippen LogP contribution in [0.2, 0.25) is 0 Å². The molecule has 0 saturated carbocycles. The average Bonchev–Trinajstić information content (AvgIpc) is 3.30. The molecule has 0 aliphatic heterocycles. The molecule has 0 radical (unpaired) electrons. The van der Waals surface area contributed by atoms with E-state index in [1.165, 1.54) is 96.3 Å². The average molecular weight is 905 g/mol. The molecule has 6 nitrogen and oxygen atoms in total. The SMILES string of the molecule is CCCCC/C=C\C/C=C\CCCCCCCC(=O)OCC(COC(=O)CCCCCCC/C=C\C/C=C\CCCCC)OC(=O)CCC/C=C\C/C=C\C/C=C\CCCCCCCC. The summed E-state index contributed by atoms with van der Waals surface area (Å²) in [5.74, 6) is -0.987. The van der Waals surface area contributed by atoms with Gasteiger partial charge in [-0.25, -0.2) is 0 Å². The van der Waals surface area contributed by atoms with Gasteiger partial charge in [0.05, 0.1) is 0 Å². The van der Waals surface area contributed by atoms with Crippen molar-refractivity contribution >= 4 is 17.9 Å². The molecule has 0 aromatic carbocycles. The van der Waals surface area contributed by atoms with Crippen molar-refractivity contribution in [2.24, 2.45) is 0 Å². The van der Waals surface area contributed by atoms with Crippen molar-refractivity contribution in [3.63, 3.8) is 0 Å². The molecule has 0 amide bonds. The minimum atomic E-state index is -0.815. The number of hydrogen-bond donors (Lipinski definition) is 0. The van der Waals surface area contributed by atoms with Crippen molar-refractivity contribution in [2.75, 3.05) is 13.2 Å². The van der Waals surface area contributed by atoms with Crippen LogP contribution in [0.4, 0.5) is 0 Å². The minimum absolute atomic E-state index is 0.109. The molecule has 0 fully saturated rings. The lowest BCUT2D eigenvalue weighted by molar-refractivity contribution is -0.167. The summed E-state index contributed by atoms with van der Waals surface area (Å²) in [4.78, 5) is 38.0. The summed E-state index contributed by atoms with van der Waals surface area (Å²) in [6.07, 6.45) is 68.5. The van der Waals surface area contributed by atoms with Gasteiger partial charge in [0.2, 0.25) is 0 Å². The number of ether oxygens (including phenoxy) is 3. The van der Waals surface area contributed by atoms with E-state index in [9.17, 15) is 14.4 Å². The van der Waals surface area contributed by atoms with Crippen LogP contribution in [0.1, 0.15) is 252 Å². The van der Waals surface area contributed by atoms with Gasteiger partial charge in [-0.15, -0.1) is 0 Å². The van der Waals surface area contributed by atoms with E-state index in [0.717, 1.165) is 109 Å². The Hall–Kier alpha value is -3.41. The molecule has 0 aromatic rings. The molecule has 0 bridgehead atoms.